The molecule has 0 fully saturated rings. The van der Waals surface area contributed by atoms with Crippen LogP contribution in [0.25, 0.3) is 0 Å². The van der Waals surface area contributed by atoms with E-state index in [4.69, 9.17) is 5.73 Å². The van der Waals surface area contributed by atoms with E-state index in [9.17, 15) is 18.0 Å². The molecule has 0 bridgehead atoms. The topological polar surface area (TPSA) is 55.1 Å². The second-order valence-electron chi connectivity index (χ2n) is 3.24. The number of rotatable bonds is 3. The Morgan fingerprint density at radius 2 is 2.06 bits per heavy atom. The van der Waals surface area contributed by atoms with Gasteiger partial charge in [-0.25, -0.2) is 0 Å². The van der Waals surface area contributed by atoms with Crippen molar-refractivity contribution in [3.05, 3.63) is 33.8 Å². The molecule has 0 heterocycles. The number of carbonyl (C=O) groups is 1. The molecule has 1 rings (SSSR count). The van der Waals surface area contributed by atoms with Gasteiger partial charge >= 0.3 is 6.18 Å². The lowest BCUT2D eigenvalue weighted by Gasteiger charge is -2.10. The Kier molecular flexibility index (Phi) is 4.53. The molecule has 17 heavy (non-hydrogen) atoms. The van der Waals surface area contributed by atoms with Gasteiger partial charge in [0.2, 0.25) is 0 Å². The Labute approximate surface area is 104 Å². The molecule has 3 nitrogen and oxygen atoms in total. The number of nitrogens with one attached hydrogen (secondary N) is 1. The van der Waals surface area contributed by atoms with Crippen LogP contribution < -0.4 is 11.1 Å². The zero-order valence-electron chi connectivity index (χ0n) is 8.64. The van der Waals surface area contributed by atoms with Gasteiger partial charge in [-0.2, -0.15) is 13.2 Å². The summed E-state index contributed by atoms with van der Waals surface area (Å²) in [6.45, 7) is 0.434. The summed E-state index contributed by atoms with van der Waals surface area (Å²) in [5, 5.41) is 2.41. The van der Waals surface area contributed by atoms with E-state index < -0.39 is 17.6 Å². The second kappa shape index (κ2) is 5.50. The van der Waals surface area contributed by atoms with Gasteiger partial charge in [0.15, 0.2) is 0 Å². The normalized spacial score (nSPS) is 11.4. The molecule has 0 aliphatic rings. The van der Waals surface area contributed by atoms with Gasteiger partial charge in [-0.15, -0.1) is 0 Å². The van der Waals surface area contributed by atoms with Crippen LogP contribution in [0.3, 0.4) is 0 Å². The van der Waals surface area contributed by atoms with Gasteiger partial charge in [-0.1, -0.05) is 0 Å². The Morgan fingerprint density at radius 3 is 2.59 bits per heavy atom. The van der Waals surface area contributed by atoms with Gasteiger partial charge in [0.1, 0.15) is 0 Å². The second-order valence-corrected chi connectivity index (χ2v) is 4.09. The lowest BCUT2D eigenvalue weighted by Crippen LogP contribution is -2.29. The first-order chi connectivity index (χ1) is 7.86. The lowest BCUT2D eigenvalue weighted by atomic mass is 10.1. The van der Waals surface area contributed by atoms with Crippen LogP contribution in [0.5, 0.6) is 0 Å². The molecule has 0 aromatic heterocycles. The Balaban J connectivity index is 3.02. The first kappa shape index (κ1) is 14.0. The standard InChI is InChI=1S/C10H10BrF3N2O/c11-8-2-1-6(10(12,13)14)5-7(8)9(17)16-4-3-15/h1-2,5H,3-4,15H2,(H,16,17). The van der Waals surface area contributed by atoms with Crippen LogP contribution in [0.15, 0.2) is 22.7 Å². The number of nitrogens with two attached hydrogens (primary N) is 1. The predicted molar refractivity (Wildman–Crippen MR) is 60.5 cm³/mol. The van der Waals surface area contributed by atoms with Crippen molar-refractivity contribution in [3.8, 4) is 0 Å². The van der Waals surface area contributed by atoms with E-state index in [1.54, 1.807) is 0 Å². The van der Waals surface area contributed by atoms with Crippen LogP contribution in [0.4, 0.5) is 13.2 Å². The minimum absolute atomic E-state index is 0.0618. The summed E-state index contributed by atoms with van der Waals surface area (Å²) in [7, 11) is 0. The molecule has 0 aliphatic carbocycles. The van der Waals surface area contributed by atoms with Crippen LogP contribution in [-0.2, 0) is 6.18 Å². The average molecular weight is 311 g/mol. The summed E-state index contributed by atoms with van der Waals surface area (Å²) in [5.41, 5.74) is 4.26. The monoisotopic (exact) mass is 310 g/mol. The van der Waals surface area contributed by atoms with Crippen molar-refractivity contribution in [1.82, 2.24) is 5.32 Å². The molecule has 3 N–H and O–H groups in total. The molecule has 0 aliphatic heterocycles. The molecule has 0 atom stereocenters. The van der Waals surface area contributed by atoms with E-state index in [1.165, 1.54) is 6.07 Å². The Hall–Kier alpha value is -1.08. The number of alkyl halides is 3. The van der Waals surface area contributed by atoms with Gasteiger partial charge in [0, 0.05) is 17.6 Å². The Bertz CT molecular complexity index is 421. The maximum Gasteiger partial charge on any atom is 0.416 e. The molecule has 0 spiro atoms. The van der Waals surface area contributed by atoms with E-state index in [0.29, 0.717) is 4.47 Å². The molecule has 0 saturated heterocycles. The molecule has 0 radical (unpaired) electrons. The van der Waals surface area contributed by atoms with Gasteiger partial charge in [-0.3, -0.25) is 4.79 Å². The fourth-order valence-corrected chi connectivity index (χ4v) is 1.58. The summed E-state index contributed by atoms with van der Waals surface area (Å²) in [4.78, 5) is 11.5. The predicted octanol–water partition coefficient (Wildman–Crippen LogP) is 2.16. The van der Waals surface area contributed by atoms with E-state index in [2.05, 4.69) is 21.2 Å². The highest BCUT2D eigenvalue weighted by molar-refractivity contribution is 9.10. The summed E-state index contributed by atoms with van der Waals surface area (Å²) in [6.07, 6.45) is -4.47. The summed E-state index contributed by atoms with van der Waals surface area (Å²) < 4.78 is 37.6. The van der Waals surface area contributed by atoms with Crippen LogP contribution in [0.2, 0.25) is 0 Å². The van der Waals surface area contributed by atoms with E-state index in [-0.39, 0.29) is 18.7 Å². The zero-order chi connectivity index (χ0) is 13.1. The van der Waals surface area contributed by atoms with E-state index >= 15 is 0 Å². The van der Waals surface area contributed by atoms with Crippen molar-refractivity contribution < 1.29 is 18.0 Å². The van der Waals surface area contributed by atoms with Crippen molar-refractivity contribution in [2.24, 2.45) is 5.73 Å². The summed E-state index contributed by atoms with van der Waals surface area (Å²) in [6, 6.07) is 2.90. The van der Waals surface area contributed by atoms with Crippen LogP contribution in [0, 0.1) is 0 Å². The number of hydrogen-bond acceptors (Lipinski definition) is 2. The smallest absolute Gasteiger partial charge is 0.351 e. The third-order valence-corrected chi connectivity index (χ3v) is 2.66. The van der Waals surface area contributed by atoms with Crippen LogP contribution in [-0.4, -0.2) is 19.0 Å². The SMILES string of the molecule is NCCNC(=O)c1cc(C(F)(F)F)ccc1Br. The van der Waals surface area contributed by atoms with Crippen molar-refractivity contribution >= 4 is 21.8 Å². The number of halogens is 4. The minimum Gasteiger partial charge on any atom is -0.351 e. The van der Waals surface area contributed by atoms with Crippen molar-refractivity contribution in [3.63, 3.8) is 0 Å². The molecule has 0 saturated carbocycles. The highest BCUT2D eigenvalue weighted by atomic mass is 79.9. The maximum absolute atomic E-state index is 12.4. The van der Waals surface area contributed by atoms with Crippen LogP contribution in [0.1, 0.15) is 15.9 Å². The first-order valence-corrected chi connectivity index (χ1v) is 5.50. The number of hydrogen-bond donors (Lipinski definition) is 2. The Morgan fingerprint density at radius 1 is 1.41 bits per heavy atom. The lowest BCUT2D eigenvalue weighted by molar-refractivity contribution is -0.137. The molecule has 7 heteroatoms. The third kappa shape index (κ3) is 3.71. The largest absolute Gasteiger partial charge is 0.416 e. The molecule has 1 aromatic rings. The number of benzene rings is 1. The average Bonchev–Trinajstić information content (AvgIpc) is 2.24. The van der Waals surface area contributed by atoms with Crippen molar-refractivity contribution in [2.75, 3.05) is 13.1 Å². The fourth-order valence-electron chi connectivity index (χ4n) is 1.16. The van der Waals surface area contributed by atoms with Gasteiger partial charge in [0.05, 0.1) is 11.1 Å². The third-order valence-electron chi connectivity index (χ3n) is 1.97. The van der Waals surface area contributed by atoms with Crippen molar-refractivity contribution in [1.29, 1.82) is 0 Å². The molecular weight excluding hydrogens is 301 g/mol. The molecule has 1 amide bonds. The number of amides is 1. The molecule has 94 valence electrons. The highest BCUT2D eigenvalue weighted by Gasteiger charge is 2.31. The van der Waals surface area contributed by atoms with E-state index in [0.717, 1.165) is 12.1 Å². The zero-order valence-corrected chi connectivity index (χ0v) is 10.2. The minimum atomic E-state index is -4.47. The maximum atomic E-state index is 12.4. The van der Waals surface area contributed by atoms with Crippen LogP contribution >= 0.6 is 15.9 Å². The van der Waals surface area contributed by atoms with Gasteiger partial charge < -0.3 is 11.1 Å². The molecular formula is C10H10BrF3N2O. The summed E-state index contributed by atoms with van der Waals surface area (Å²) >= 11 is 3.03. The van der Waals surface area contributed by atoms with Gasteiger partial charge in [0.25, 0.3) is 5.91 Å². The highest BCUT2D eigenvalue weighted by Crippen LogP contribution is 2.31. The van der Waals surface area contributed by atoms with Crippen molar-refractivity contribution in [2.45, 2.75) is 6.18 Å². The fraction of sp³-hybridized carbons (Fsp3) is 0.300. The summed E-state index contributed by atoms with van der Waals surface area (Å²) in [5.74, 6) is -0.589. The first-order valence-electron chi connectivity index (χ1n) is 4.71. The van der Waals surface area contributed by atoms with Gasteiger partial charge in [-0.05, 0) is 34.1 Å². The molecule has 0 unspecified atom stereocenters. The quantitative estimate of drug-likeness (QED) is 0.899. The van der Waals surface area contributed by atoms with E-state index in [1.807, 2.05) is 0 Å². The molecule has 1 aromatic carbocycles. The number of carbonyl (C=O) groups excluding carboxylic acids is 1.